The maximum Gasteiger partial charge on any atom is 0.157 e. The Kier molecular flexibility index (Phi) is 23.2. The lowest BCUT2D eigenvalue weighted by Crippen LogP contribution is -2.34. The summed E-state index contributed by atoms with van der Waals surface area (Å²) in [6, 6.07) is 31.0. The van der Waals surface area contributed by atoms with Gasteiger partial charge in [-0.05, 0) is 36.0 Å². The van der Waals surface area contributed by atoms with E-state index in [1.165, 1.54) is 0 Å². The van der Waals surface area contributed by atoms with E-state index in [-0.39, 0.29) is 6.29 Å². The van der Waals surface area contributed by atoms with Gasteiger partial charge in [0.1, 0.15) is 5.60 Å². The Labute approximate surface area is 316 Å². The molecule has 0 amide bonds. The molecule has 0 aliphatic carbocycles. The monoisotopic (exact) mass is 740 g/mol. The molecule has 1 heterocycles. The van der Waals surface area contributed by atoms with Crippen molar-refractivity contribution >= 4 is 0 Å². The summed E-state index contributed by atoms with van der Waals surface area (Å²) in [5, 5.41) is 0. The van der Waals surface area contributed by atoms with Crippen molar-refractivity contribution in [2.75, 3.05) is 126 Å². The van der Waals surface area contributed by atoms with Gasteiger partial charge >= 0.3 is 0 Å². The zero-order chi connectivity index (χ0) is 36.8. The Balaban J connectivity index is 0.895. The topological polar surface area (TPSA) is 102 Å². The smallest absolute Gasteiger partial charge is 0.157 e. The summed E-state index contributed by atoms with van der Waals surface area (Å²) in [7, 11) is 0. The molecular weight excluding hydrogens is 680 g/mol. The highest BCUT2D eigenvalue weighted by molar-refractivity contribution is 5.47. The highest BCUT2D eigenvalue weighted by atomic mass is 16.7. The summed E-state index contributed by atoms with van der Waals surface area (Å²) in [6.07, 6.45) is 3.18. The second-order valence-corrected chi connectivity index (χ2v) is 12.2. The van der Waals surface area contributed by atoms with Crippen molar-refractivity contribution in [3.8, 4) is 0 Å². The summed E-state index contributed by atoms with van der Waals surface area (Å²) in [5.74, 6) is 0. The number of rotatable bonds is 32. The molecule has 294 valence electrons. The van der Waals surface area contributed by atoms with E-state index < -0.39 is 5.60 Å². The molecule has 0 saturated carbocycles. The molecule has 0 bridgehead atoms. The Hall–Kier alpha value is -2.78. The summed E-state index contributed by atoms with van der Waals surface area (Å²) in [5.41, 5.74) is 2.46. The lowest BCUT2D eigenvalue weighted by Gasteiger charge is -2.36. The van der Waals surface area contributed by atoms with Gasteiger partial charge in [-0.2, -0.15) is 0 Å². The predicted molar refractivity (Wildman–Crippen MR) is 201 cm³/mol. The van der Waals surface area contributed by atoms with Crippen LogP contribution in [0, 0.1) is 0 Å². The van der Waals surface area contributed by atoms with Crippen molar-refractivity contribution in [2.45, 2.75) is 31.2 Å². The van der Waals surface area contributed by atoms with Crippen LogP contribution in [0.2, 0.25) is 0 Å². The molecule has 1 saturated heterocycles. The molecule has 1 unspecified atom stereocenters. The molecule has 3 aromatic carbocycles. The molecule has 0 spiro atoms. The van der Waals surface area contributed by atoms with Crippen LogP contribution in [0.5, 0.6) is 0 Å². The third-order valence-electron chi connectivity index (χ3n) is 8.36. The van der Waals surface area contributed by atoms with Crippen LogP contribution < -0.4 is 0 Å². The minimum atomic E-state index is -0.749. The largest absolute Gasteiger partial charge is 0.377 e. The van der Waals surface area contributed by atoms with Gasteiger partial charge in [0, 0.05) is 6.61 Å². The number of hydrogen-bond donors (Lipinski definition) is 0. The molecule has 0 aromatic heterocycles. The minimum Gasteiger partial charge on any atom is -0.377 e. The first-order valence-electron chi connectivity index (χ1n) is 19.1. The molecule has 11 heteroatoms. The molecule has 4 rings (SSSR count). The van der Waals surface area contributed by atoms with Crippen LogP contribution in [-0.4, -0.2) is 132 Å². The molecule has 11 nitrogen and oxygen atoms in total. The Morgan fingerprint density at radius 3 is 1.04 bits per heavy atom. The second kappa shape index (κ2) is 28.6. The third kappa shape index (κ3) is 17.5. The Morgan fingerprint density at radius 1 is 0.396 bits per heavy atom. The van der Waals surface area contributed by atoms with Crippen molar-refractivity contribution in [2.24, 2.45) is 0 Å². The van der Waals surface area contributed by atoms with Crippen LogP contribution >= 0.6 is 0 Å². The molecule has 0 N–H and O–H groups in total. The van der Waals surface area contributed by atoms with Gasteiger partial charge in [0.2, 0.25) is 0 Å². The molecule has 1 aliphatic rings. The van der Waals surface area contributed by atoms with Crippen molar-refractivity contribution in [3.05, 3.63) is 108 Å². The van der Waals surface area contributed by atoms with E-state index in [0.29, 0.717) is 119 Å². The first-order chi connectivity index (χ1) is 26.4. The predicted octanol–water partition coefficient (Wildman–Crippen LogP) is 5.67. The molecule has 53 heavy (non-hydrogen) atoms. The van der Waals surface area contributed by atoms with Crippen LogP contribution in [0.4, 0.5) is 0 Å². The summed E-state index contributed by atoms with van der Waals surface area (Å²) < 4.78 is 62.6. The van der Waals surface area contributed by atoms with Crippen LogP contribution in [0.25, 0.3) is 0 Å². The fourth-order valence-corrected chi connectivity index (χ4v) is 5.74. The van der Waals surface area contributed by atoms with Crippen molar-refractivity contribution in [1.82, 2.24) is 0 Å². The fraction of sp³-hybridized carbons (Fsp3) is 0.571. The summed E-state index contributed by atoms with van der Waals surface area (Å²) in [6.45, 7) is 9.83. The van der Waals surface area contributed by atoms with E-state index in [0.717, 1.165) is 42.6 Å². The number of hydrogen-bond acceptors (Lipinski definition) is 11. The van der Waals surface area contributed by atoms with E-state index in [1.807, 2.05) is 54.6 Å². The molecule has 1 atom stereocenters. The van der Waals surface area contributed by atoms with E-state index in [1.54, 1.807) is 0 Å². The summed E-state index contributed by atoms with van der Waals surface area (Å²) >= 11 is 0. The van der Waals surface area contributed by atoms with Crippen molar-refractivity contribution < 1.29 is 52.1 Å². The quantitative estimate of drug-likeness (QED) is 0.0585. The highest BCUT2D eigenvalue weighted by Gasteiger charge is 2.37. The number of ether oxygens (including phenoxy) is 11. The minimum absolute atomic E-state index is 0.0686. The fourth-order valence-electron chi connectivity index (χ4n) is 5.74. The van der Waals surface area contributed by atoms with E-state index in [2.05, 4.69) is 36.4 Å². The number of benzene rings is 3. The van der Waals surface area contributed by atoms with Crippen LogP contribution in [0.3, 0.4) is 0 Å². The van der Waals surface area contributed by atoms with Gasteiger partial charge in [0.25, 0.3) is 0 Å². The zero-order valence-corrected chi connectivity index (χ0v) is 31.3. The molecular formula is C42H60O11. The first-order valence-corrected chi connectivity index (χ1v) is 19.1. The van der Waals surface area contributed by atoms with Crippen molar-refractivity contribution in [3.63, 3.8) is 0 Å². The Bertz CT molecular complexity index is 1150. The van der Waals surface area contributed by atoms with Gasteiger partial charge in [-0.1, -0.05) is 91.0 Å². The Morgan fingerprint density at radius 2 is 0.717 bits per heavy atom. The lowest BCUT2D eigenvalue weighted by molar-refractivity contribution is -0.169. The van der Waals surface area contributed by atoms with Gasteiger partial charge < -0.3 is 52.1 Å². The first kappa shape index (κ1) is 43.0. The van der Waals surface area contributed by atoms with Gasteiger partial charge in [-0.25, -0.2) is 0 Å². The molecule has 0 radical (unpaired) electrons. The summed E-state index contributed by atoms with van der Waals surface area (Å²) in [4.78, 5) is 0. The average molecular weight is 741 g/mol. The molecule has 1 aliphatic heterocycles. The van der Waals surface area contributed by atoms with Crippen LogP contribution in [-0.2, 0) is 57.7 Å². The SMILES string of the molecule is c1ccc(C(OCCOCCOCCOCCOCCOCCOCCOCCOCCOC2CCCCO2)(c2ccccc2)c2ccccc2)cc1. The van der Waals surface area contributed by atoms with Gasteiger partial charge in [0.15, 0.2) is 6.29 Å². The maximum absolute atomic E-state index is 6.73. The van der Waals surface area contributed by atoms with Gasteiger partial charge in [-0.3, -0.25) is 0 Å². The maximum atomic E-state index is 6.73. The standard InChI is InChI=1S/C42H60O11/c1-4-12-38(13-5-1)42(39-14-6-2-7-15-39,40-16-8-3-9-17-40)53-37-35-50-33-31-48-29-27-46-25-23-44-21-20-43-22-24-45-26-28-47-30-32-49-34-36-52-41-18-10-11-19-51-41/h1-9,12-17,41H,10-11,18-37H2. The van der Waals surface area contributed by atoms with Gasteiger partial charge in [-0.15, -0.1) is 0 Å². The van der Waals surface area contributed by atoms with E-state index in [4.69, 9.17) is 52.1 Å². The highest BCUT2D eigenvalue weighted by Crippen LogP contribution is 2.40. The molecule has 3 aromatic rings. The second-order valence-electron chi connectivity index (χ2n) is 12.2. The third-order valence-corrected chi connectivity index (χ3v) is 8.36. The van der Waals surface area contributed by atoms with Crippen LogP contribution in [0.15, 0.2) is 91.0 Å². The average Bonchev–Trinajstić information content (AvgIpc) is 3.22. The zero-order valence-electron chi connectivity index (χ0n) is 31.3. The molecule has 1 fully saturated rings. The van der Waals surface area contributed by atoms with Gasteiger partial charge in [0.05, 0.1) is 119 Å². The lowest BCUT2D eigenvalue weighted by atomic mass is 9.80. The van der Waals surface area contributed by atoms with E-state index in [9.17, 15) is 0 Å². The van der Waals surface area contributed by atoms with Crippen molar-refractivity contribution in [1.29, 1.82) is 0 Å². The van der Waals surface area contributed by atoms with E-state index >= 15 is 0 Å². The van der Waals surface area contributed by atoms with Crippen LogP contribution in [0.1, 0.15) is 36.0 Å². The normalized spacial score (nSPS) is 14.8.